The number of ether oxygens (including phenoxy) is 1. The van der Waals surface area contributed by atoms with Gasteiger partial charge in [-0.15, -0.1) is 0 Å². The summed E-state index contributed by atoms with van der Waals surface area (Å²) in [4.78, 5) is 10.1. The van der Waals surface area contributed by atoms with Gasteiger partial charge in [0, 0.05) is 18.7 Å². The van der Waals surface area contributed by atoms with Crippen molar-refractivity contribution in [2.45, 2.75) is 19.4 Å². The summed E-state index contributed by atoms with van der Waals surface area (Å²) in [5.74, 6) is -0.825. The van der Waals surface area contributed by atoms with E-state index in [0.29, 0.717) is 6.54 Å². The number of aliphatic hydroxyl groups is 1. The van der Waals surface area contributed by atoms with E-state index in [1.54, 1.807) is 0 Å². The highest BCUT2D eigenvalue weighted by molar-refractivity contribution is 5.46. The third kappa shape index (κ3) is 4.80. The van der Waals surface area contributed by atoms with Crippen molar-refractivity contribution in [3.05, 3.63) is 34.1 Å². The van der Waals surface area contributed by atoms with E-state index >= 15 is 0 Å². The van der Waals surface area contributed by atoms with Gasteiger partial charge in [0.05, 0.1) is 4.92 Å². The minimum atomic E-state index is -1.20. The van der Waals surface area contributed by atoms with Gasteiger partial charge < -0.3 is 15.2 Å². The van der Waals surface area contributed by atoms with Crippen LogP contribution in [-0.4, -0.2) is 35.3 Å². The molecule has 1 atom stereocenters. The second kappa shape index (κ2) is 6.44. The molecular formula is C12H17FN2O4. The van der Waals surface area contributed by atoms with Crippen LogP contribution in [0, 0.1) is 15.9 Å². The Bertz CT molecular complexity index is 451. The second-order valence-corrected chi connectivity index (χ2v) is 4.44. The van der Waals surface area contributed by atoms with E-state index in [9.17, 15) is 19.6 Å². The maximum atomic E-state index is 13.1. The predicted molar refractivity (Wildman–Crippen MR) is 67.7 cm³/mol. The van der Waals surface area contributed by atoms with Crippen LogP contribution in [0.2, 0.25) is 0 Å². The maximum absolute atomic E-state index is 13.1. The van der Waals surface area contributed by atoms with Crippen LogP contribution in [0.15, 0.2) is 18.2 Å². The highest BCUT2D eigenvalue weighted by Gasteiger charge is 2.23. The lowest BCUT2D eigenvalue weighted by Crippen LogP contribution is -2.42. The largest absolute Gasteiger partial charge is 0.484 e. The van der Waals surface area contributed by atoms with E-state index in [1.807, 2.05) is 6.92 Å². The summed E-state index contributed by atoms with van der Waals surface area (Å²) >= 11 is 0. The number of benzene rings is 1. The smallest absolute Gasteiger partial charge is 0.311 e. The van der Waals surface area contributed by atoms with Gasteiger partial charge in [-0.3, -0.25) is 10.1 Å². The fourth-order valence-electron chi connectivity index (χ4n) is 1.43. The summed E-state index contributed by atoms with van der Waals surface area (Å²) in [5.41, 5.74) is -1.53. The molecule has 2 N–H and O–H groups in total. The first-order valence-corrected chi connectivity index (χ1v) is 5.85. The van der Waals surface area contributed by atoms with Gasteiger partial charge in [0.25, 0.3) is 0 Å². The van der Waals surface area contributed by atoms with Crippen molar-refractivity contribution >= 4 is 5.69 Å². The zero-order chi connectivity index (χ0) is 14.5. The van der Waals surface area contributed by atoms with E-state index < -0.39 is 16.3 Å². The van der Waals surface area contributed by atoms with Gasteiger partial charge in [0.15, 0.2) is 5.75 Å². The minimum absolute atomic E-state index is 0.176. The van der Waals surface area contributed by atoms with Crippen LogP contribution < -0.4 is 10.1 Å². The molecule has 106 valence electrons. The number of hydrogen-bond acceptors (Lipinski definition) is 5. The van der Waals surface area contributed by atoms with Gasteiger partial charge in [0.1, 0.15) is 18.0 Å². The Hall–Kier alpha value is -1.73. The van der Waals surface area contributed by atoms with Crippen LogP contribution in [0.1, 0.15) is 13.8 Å². The molecule has 0 aromatic heterocycles. The highest BCUT2D eigenvalue weighted by Crippen LogP contribution is 2.28. The summed E-state index contributed by atoms with van der Waals surface area (Å²) in [5, 5.41) is 23.6. The van der Waals surface area contributed by atoms with E-state index in [4.69, 9.17) is 4.74 Å². The molecule has 1 aromatic rings. The molecule has 0 saturated heterocycles. The molecule has 6 nitrogen and oxygen atoms in total. The van der Waals surface area contributed by atoms with Gasteiger partial charge in [-0.25, -0.2) is 4.39 Å². The molecule has 0 fully saturated rings. The quantitative estimate of drug-likeness (QED) is 0.580. The van der Waals surface area contributed by atoms with E-state index in [0.717, 1.165) is 18.2 Å². The summed E-state index contributed by atoms with van der Waals surface area (Å²) in [6.45, 7) is 4.18. The van der Waals surface area contributed by atoms with Crippen molar-refractivity contribution in [3.8, 4) is 5.75 Å². The first-order chi connectivity index (χ1) is 8.85. The van der Waals surface area contributed by atoms with Crippen molar-refractivity contribution in [2.75, 3.05) is 19.7 Å². The number of hydrogen-bond donors (Lipinski definition) is 2. The van der Waals surface area contributed by atoms with Crippen molar-refractivity contribution in [3.63, 3.8) is 0 Å². The molecule has 0 saturated carbocycles. The molecule has 1 rings (SSSR count). The topological polar surface area (TPSA) is 84.6 Å². The second-order valence-electron chi connectivity index (χ2n) is 4.44. The lowest BCUT2D eigenvalue weighted by atomic mass is 10.1. The summed E-state index contributed by atoms with van der Waals surface area (Å²) in [6, 6.07) is 2.95. The summed E-state index contributed by atoms with van der Waals surface area (Å²) in [7, 11) is 0. The molecule has 19 heavy (non-hydrogen) atoms. The third-order valence-corrected chi connectivity index (χ3v) is 2.41. The molecule has 0 radical (unpaired) electrons. The molecule has 0 amide bonds. The van der Waals surface area contributed by atoms with Crippen LogP contribution >= 0.6 is 0 Å². The van der Waals surface area contributed by atoms with Crippen molar-refractivity contribution in [2.24, 2.45) is 0 Å². The lowest BCUT2D eigenvalue weighted by Gasteiger charge is -2.23. The van der Waals surface area contributed by atoms with Crippen LogP contribution in [0.3, 0.4) is 0 Å². The number of rotatable bonds is 7. The standard InChI is InChI=1S/C12H17FN2O4/c1-3-14-7-12(2,16)8-19-11-6-9(13)4-5-10(11)15(17)18/h4-6,14,16H,3,7-8H2,1-2H3. The van der Waals surface area contributed by atoms with Crippen LogP contribution in [0.25, 0.3) is 0 Å². The van der Waals surface area contributed by atoms with Crippen molar-refractivity contribution in [1.82, 2.24) is 5.32 Å². The molecular weight excluding hydrogens is 255 g/mol. The Balaban J connectivity index is 2.76. The van der Waals surface area contributed by atoms with Crippen molar-refractivity contribution < 1.29 is 19.2 Å². The zero-order valence-electron chi connectivity index (χ0n) is 10.9. The predicted octanol–water partition coefficient (Wildman–Crippen LogP) is 1.47. The molecule has 0 spiro atoms. The molecule has 0 aliphatic carbocycles. The number of likely N-dealkylation sites (N-methyl/N-ethyl adjacent to an activating group) is 1. The number of nitro benzene ring substituents is 1. The fraction of sp³-hybridized carbons (Fsp3) is 0.500. The molecule has 7 heteroatoms. The fourth-order valence-corrected chi connectivity index (χ4v) is 1.43. The van der Waals surface area contributed by atoms with E-state index in [1.165, 1.54) is 6.92 Å². The average Bonchev–Trinajstić information content (AvgIpc) is 2.34. The Morgan fingerprint density at radius 3 is 2.84 bits per heavy atom. The number of nitro groups is 1. The van der Waals surface area contributed by atoms with E-state index in [-0.39, 0.29) is 24.6 Å². The Morgan fingerprint density at radius 1 is 1.58 bits per heavy atom. The normalized spacial score (nSPS) is 13.9. The molecule has 0 aliphatic rings. The Kier molecular flexibility index (Phi) is 5.20. The average molecular weight is 272 g/mol. The summed E-state index contributed by atoms with van der Waals surface area (Å²) in [6.07, 6.45) is 0. The molecule has 0 heterocycles. The van der Waals surface area contributed by atoms with Crippen molar-refractivity contribution in [1.29, 1.82) is 0 Å². The van der Waals surface area contributed by atoms with Gasteiger partial charge in [-0.1, -0.05) is 6.92 Å². The maximum Gasteiger partial charge on any atom is 0.311 e. The highest BCUT2D eigenvalue weighted by atomic mass is 19.1. The number of nitrogens with zero attached hydrogens (tertiary/aromatic N) is 1. The molecule has 1 aromatic carbocycles. The van der Waals surface area contributed by atoms with E-state index in [2.05, 4.69) is 5.32 Å². The third-order valence-electron chi connectivity index (χ3n) is 2.41. The molecule has 1 unspecified atom stereocenters. The van der Waals surface area contributed by atoms with Gasteiger partial charge in [0.2, 0.25) is 0 Å². The Morgan fingerprint density at radius 2 is 2.26 bits per heavy atom. The van der Waals surface area contributed by atoms with Crippen LogP contribution in [0.5, 0.6) is 5.75 Å². The first-order valence-electron chi connectivity index (χ1n) is 5.85. The van der Waals surface area contributed by atoms with Crippen LogP contribution in [-0.2, 0) is 0 Å². The summed E-state index contributed by atoms with van der Waals surface area (Å²) < 4.78 is 18.2. The Labute approximate surface area is 110 Å². The SMILES string of the molecule is CCNCC(C)(O)COc1cc(F)ccc1[N+](=O)[O-]. The first kappa shape index (κ1) is 15.3. The van der Waals surface area contributed by atoms with Crippen LogP contribution in [0.4, 0.5) is 10.1 Å². The van der Waals surface area contributed by atoms with Gasteiger partial charge in [-0.05, 0) is 19.5 Å². The molecule has 0 bridgehead atoms. The molecule has 0 aliphatic heterocycles. The lowest BCUT2D eigenvalue weighted by molar-refractivity contribution is -0.386. The number of nitrogens with one attached hydrogen (secondary N) is 1. The monoisotopic (exact) mass is 272 g/mol. The van der Waals surface area contributed by atoms with Gasteiger partial charge >= 0.3 is 5.69 Å². The zero-order valence-corrected chi connectivity index (χ0v) is 10.9. The minimum Gasteiger partial charge on any atom is -0.484 e. The number of halogens is 1. The van der Waals surface area contributed by atoms with Gasteiger partial charge in [-0.2, -0.15) is 0 Å².